The van der Waals surface area contributed by atoms with E-state index in [1.807, 2.05) is 49.4 Å². The molecule has 3 rings (SSSR count). The number of amides is 1. The first-order valence-electron chi connectivity index (χ1n) is 8.23. The Bertz CT molecular complexity index is 890. The molecule has 0 saturated heterocycles. The van der Waals surface area contributed by atoms with E-state index in [1.54, 1.807) is 12.4 Å². The van der Waals surface area contributed by atoms with Crippen molar-refractivity contribution in [2.24, 2.45) is 0 Å². The standard InChI is InChI=1S/C21H21N3O/c1-15-6-5-9-19(10-15)24-21(25)18-11-20(14-22-12-18)23-13-17-8-4-3-7-16(17)2/h3-12,14,23H,13H2,1-2H3,(H,24,25). The number of nitrogens with one attached hydrogen (secondary N) is 2. The van der Waals surface area contributed by atoms with Gasteiger partial charge in [-0.3, -0.25) is 9.78 Å². The number of hydrogen-bond acceptors (Lipinski definition) is 3. The van der Waals surface area contributed by atoms with Gasteiger partial charge < -0.3 is 10.6 Å². The molecule has 0 atom stereocenters. The maximum absolute atomic E-state index is 12.4. The Hall–Kier alpha value is -3.14. The molecule has 0 saturated carbocycles. The van der Waals surface area contributed by atoms with Gasteiger partial charge in [0, 0.05) is 24.6 Å². The first-order valence-corrected chi connectivity index (χ1v) is 8.23. The van der Waals surface area contributed by atoms with Gasteiger partial charge in [0.2, 0.25) is 0 Å². The highest BCUT2D eigenvalue weighted by Gasteiger charge is 2.08. The molecular weight excluding hydrogens is 310 g/mol. The fourth-order valence-electron chi connectivity index (χ4n) is 2.59. The number of carbonyl (C=O) groups is 1. The van der Waals surface area contributed by atoms with Gasteiger partial charge in [0.25, 0.3) is 5.91 Å². The number of anilines is 2. The molecule has 0 unspecified atom stereocenters. The molecule has 1 heterocycles. The third-order valence-electron chi connectivity index (χ3n) is 4.02. The Morgan fingerprint density at radius 1 is 0.960 bits per heavy atom. The van der Waals surface area contributed by atoms with Crippen LogP contribution in [0.2, 0.25) is 0 Å². The lowest BCUT2D eigenvalue weighted by Gasteiger charge is -2.10. The Labute approximate surface area is 147 Å². The second-order valence-electron chi connectivity index (χ2n) is 6.07. The van der Waals surface area contributed by atoms with E-state index in [-0.39, 0.29) is 5.91 Å². The molecule has 4 heteroatoms. The number of benzene rings is 2. The van der Waals surface area contributed by atoms with Gasteiger partial charge in [0.1, 0.15) is 0 Å². The summed E-state index contributed by atoms with van der Waals surface area (Å²) in [7, 11) is 0. The van der Waals surface area contributed by atoms with E-state index in [0.29, 0.717) is 12.1 Å². The summed E-state index contributed by atoms with van der Waals surface area (Å²) in [6.45, 7) is 4.77. The van der Waals surface area contributed by atoms with Crippen molar-refractivity contribution in [2.75, 3.05) is 10.6 Å². The zero-order chi connectivity index (χ0) is 17.6. The molecule has 3 aromatic rings. The van der Waals surface area contributed by atoms with Crippen LogP contribution in [-0.2, 0) is 6.54 Å². The monoisotopic (exact) mass is 331 g/mol. The zero-order valence-corrected chi connectivity index (χ0v) is 14.4. The summed E-state index contributed by atoms with van der Waals surface area (Å²) in [5, 5.41) is 6.23. The van der Waals surface area contributed by atoms with E-state index >= 15 is 0 Å². The van der Waals surface area contributed by atoms with Crippen molar-refractivity contribution in [3.05, 3.63) is 89.2 Å². The van der Waals surface area contributed by atoms with Crippen LogP contribution in [-0.4, -0.2) is 10.9 Å². The van der Waals surface area contributed by atoms with Crippen LogP contribution in [0.1, 0.15) is 27.0 Å². The molecule has 0 aliphatic rings. The van der Waals surface area contributed by atoms with Crippen molar-refractivity contribution < 1.29 is 4.79 Å². The molecule has 0 radical (unpaired) electrons. The highest BCUT2D eigenvalue weighted by atomic mass is 16.1. The lowest BCUT2D eigenvalue weighted by molar-refractivity contribution is 0.102. The van der Waals surface area contributed by atoms with E-state index in [9.17, 15) is 4.79 Å². The minimum absolute atomic E-state index is 0.169. The lowest BCUT2D eigenvalue weighted by atomic mass is 10.1. The number of aryl methyl sites for hydroxylation is 2. The Kier molecular flexibility index (Phi) is 5.09. The van der Waals surface area contributed by atoms with Gasteiger partial charge in [-0.25, -0.2) is 0 Å². The van der Waals surface area contributed by atoms with Crippen molar-refractivity contribution in [2.45, 2.75) is 20.4 Å². The summed E-state index contributed by atoms with van der Waals surface area (Å²) in [5.74, 6) is -0.169. The average molecular weight is 331 g/mol. The van der Waals surface area contributed by atoms with Gasteiger partial charge >= 0.3 is 0 Å². The van der Waals surface area contributed by atoms with E-state index in [4.69, 9.17) is 0 Å². The molecular formula is C21H21N3O. The molecule has 0 aliphatic heterocycles. The molecule has 0 aliphatic carbocycles. The van der Waals surface area contributed by atoms with Crippen molar-refractivity contribution in [1.29, 1.82) is 0 Å². The zero-order valence-electron chi connectivity index (χ0n) is 14.4. The SMILES string of the molecule is Cc1cccc(NC(=O)c2cncc(NCc3ccccc3C)c2)c1. The average Bonchev–Trinajstić information content (AvgIpc) is 2.61. The quantitative estimate of drug-likeness (QED) is 0.720. The maximum atomic E-state index is 12.4. The third kappa shape index (κ3) is 4.44. The van der Waals surface area contributed by atoms with Gasteiger partial charge in [-0.1, -0.05) is 36.4 Å². The smallest absolute Gasteiger partial charge is 0.257 e. The second kappa shape index (κ2) is 7.62. The largest absolute Gasteiger partial charge is 0.380 e. The number of nitrogens with zero attached hydrogens (tertiary/aromatic N) is 1. The highest BCUT2D eigenvalue weighted by molar-refractivity contribution is 6.04. The van der Waals surface area contributed by atoms with Crippen molar-refractivity contribution in [1.82, 2.24) is 4.98 Å². The van der Waals surface area contributed by atoms with E-state index in [0.717, 1.165) is 16.9 Å². The third-order valence-corrected chi connectivity index (χ3v) is 4.02. The van der Waals surface area contributed by atoms with Crippen LogP contribution >= 0.6 is 0 Å². The van der Waals surface area contributed by atoms with E-state index < -0.39 is 0 Å². The Morgan fingerprint density at radius 3 is 2.60 bits per heavy atom. The number of aromatic nitrogens is 1. The molecule has 126 valence electrons. The molecule has 0 fully saturated rings. The number of pyridine rings is 1. The van der Waals surface area contributed by atoms with Crippen molar-refractivity contribution >= 4 is 17.3 Å². The maximum Gasteiger partial charge on any atom is 0.257 e. The summed E-state index contributed by atoms with van der Waals surface area (Å²) in [6.07, 6.45) is 3.30. The van der Waals surface area contributed by atoms with Gasteiger partial charge in [0.15, 0.2) is 0 Å². The van der Waals surface area contributed by atoms with Crippen molar-refractivity contribution in [3.63, 3.8) is 0 Å². The normalized spacial score (nSPS) is 10.3. The highest BCUT2D eigenvalue weighted by Crippen LogP contribution is 2.15. The van der Waals surface area contributed by atoms with Crippen LogP contribution in [0, 0.1) is 13.8 Å². The Balaban J connectivity index is 1.68. The number of rotatable bonds is 5. The van der Waals surface area contributed by atoms with Crippen LogP contribution in [0.3, 0.4) is 0 Å². The molecule has 0 spiro atoms. The summed E-state index contributed by atoms with van der Waals surface area (Å²) in [6, 6.07) is 17.8. The van der Waals surface area contributed by atoms with Crippen molar-refractivity contribution in [3.8, 4) is 0 Å². The topological polar surface area (TPSA) is 54.0 Å². The van der Waals surface area contributed by atoms with E-state index in [2.05, 4.69) is 34.7 Å². The first kappa shape index (κ1) is 16.7. The molecule has 0 bridgehead atoms. The van der Waals surface area contributed by atoms with Gasteiger partial charge in [-0.2, -0.15) is 0 Å². The fourth-order valence-corrected chi connectivity index (χ4v) is 2.59. The first-order chi connectivity index (χ1) is 12.1. The molecule has 1 aromatic heterocycles. The minimum atomic E-state index is -0.169. The summed E-state index contributed by atoms with van der Waals surface area (Å²) < 4.78 is 0. The Morgan fingerprint density at radius 2 is 1.80 bits per heavy atom. The van der Waals surface area contributed by atoms with Crippen LogP contribution in [0.5, 0.6) is 0 Å². The molecule has 1 amide bonds. The van der Waals surface area contributed by atoms with Gasteiger partial charge in [-0.15, -0.1) is 0 Å². The molecule has 4 nitrogen and oxygen atoms in total. The minimum Gasteiger partial charge on any atom is -0.380 e. The summed E-state index contributed by atoms with van der Waals surface area (Å²) >= 11 is 0. The van der Waals surface area contributed by atoms with Crippen LogP contribution in [0.25, 0.3) is 0 Å². The summed E-state index contributed by atoms with van der Waals surface area (Å²) in [4.78, 5) is 16.6. The van der Waals surface area contributed by atoms with Crippen LogP contribution in [0.4, 0.5) is 11.4 Å². The lowest BCUT2D eigenvalue weighted by Crippen LogP contribution is -2.13. The fraction of sp³-hybridized carbons (Fsp3) is 0.143. The number of carbonyl (C=O) groups excluding carboxylic acids is 1. The predicted octanol–water partition coefficient (Wildman–Crippen LogP) is 4.56. The predicted molar refractivity (Wildman–Crippen MR) is 102 cm³/mol. The van der Waals surface area contributed by atoms with E-state index in [1.165, 1.54) is 11.1 Å². The number of hydrogen-bond donors (Lipinski definition) is 2. The second-order valence-corrected chi connectivity index (χ2v) is 6.07. The van der Waals surface area contributed by atoms with Crippen LogP contribution < -0.4 is 10.6 Å². The van der Waals surface area contributed by atoms with Crippen LogP contribution in [0.15, 0.2) is 67.0 Å². The summed E-state index contributed by atoms with van der Waals surface area (Å²) in [5.41, 5.74) is 5.68. The van der Waals surface area contributed by atoms with Gasteiger partial charge in [0.05, 0.1) is 11.3 Å². The molecule has 25 heavy (non-hydrogen) atoms. The van der Waals surface area contributed by atoms with Gasteiger partial charge in [-0.05, 0) is 48.7 Å². The molecule has 2 aromatic carbocycles. The molecule has 2 N–H and O–H groups in total.